The number of nitrogens with zero attached hydrogens (tertiary/aromatic N) is 1. The number of hydrogen-bond acceptors (Lipinski definition) is 5. The largest absolute Gasteiger partial charge is 0.495 e. The minimum Gasteiger partial charge on any atom is -0.495 e. The van der Waals surface area contributed by atoms with Gasteiger partial charge in [-0.1, -0.05) is 11.6 Å². The fourth-order valence-corrected chi connectivity index (χ4v) is 3.79. The van der Waals surface area contributed by atoms with Crippen molar-refractivity contribution in [1.82, 2.24) is 4.98 Å². The van der Waals surface area contributed by atoms with Crippen molar-refractivity contribution in [3.05, 3.63) is 33.8 Å². The van der Waals surface area contributed by atoms with Gasteiger partial charge in [0.1, 0.15) is 5.75 Å². The van der Waals surface area contributed by atoms with Gasteiger partial charge < -0.3 is 15.4 Å². The molecule has 1 heterocycles. The standard InChI is InChI=1S/C16H18ClN3O2S/c1-22-13-6-5-10(17)9-12(13)18-8-7-15(21)20-16-19-11-3-2-4-14(11)23-16/h5-6,9,18H,2-4,7-8H2,1H3,(H,19,20,21). The topological polar surface area (TPSA) is 63.2 Å². The van der Waals surface area contributed by atoms with Crippen molar-refractivity contribution >= 4 is 39.7 Å². The summed E-state index contributed by atoms with van der Waals surface area (Å²) in [6.07, 6.45) is 3.63. The van der Waals surface area contributed by atoms with E-state index in [0.29, 0.717) is 28.9 Å². The molecule has 3 rings (SSSR count). The van der Waals surface area contributed by atoms with E-state index in [1.165, 1.54) is 11.3 Å². The summed E-state index contributed by atoms with van der Waals surface area (Å²) in [6.45, 7) is 0.494. The maximum atomic E-state index is 12.0. The molecule has 1 aromatic carbocycles. The Balaban J connectivity index is 1.50. The number of fused-ring (bicyclic) bond motifs is 1. The van der Waals surface area contributed by atoms with Crippen LogP contribution in [0.5, 0.6) is 5.75 Å². The number of carbonyl (C=O) groups is 1. The molecule has 0 aliphatic heterocycles. The van der Waals surface area contributed by atoms with Crippen LogP contribution < -0.4 is 15.4 Å². The fourth-order valence-electron chi connectivity index (χ4n) is 2.55. The highest BCUT2D eigenvalue weighted by molar-refractivity contribution is 7.15. The molecule has 0 unspecified atom stereocenters. The molecule has 2 aromatic rings. The van der Waals surface area contributed by atoms with Crippen molar-refractivity contribution in [3.8, 4) is 5.75 Å². The normalized spacial score (nSPS) is 12.8. The van der Waals surface area contributed by atoms with Crippen LogP contribution in [0, 0.1) is 0 Å². The molecule has 0 saturated heterocycles. The zero-order valence-electron chi connectivity index (χ0n) is 12.8. The number of carbonyl (C=O) groups excluding carboxylic acids is 1. The Labute approximate surface area is 144 Å². The second-order valence-electron chi connectivity index (χ2n) is 5.31. The lowest BCUT2D eigenvalue weighted by Gasteiger charge is -2.11. The highest BCUT2D eigenvalue weighted by Gasteiger charge is 2.17. The second kappa shape index (κ2) is 7.19. The first-order valence-electron chi connectivity index (χ1n) is 7.51. The number of amides is 1. The van der Waals surface area contributed by atoms with Gasteiger partial charge in [0.15, 0.2) is 5.13 Å². The molecular formula is C16H18ClN3O2S. The van der Waals surface area contributed by atoms with E-state index in [1.807, 2.05) is 0 Å². The molecule has 7 heteroatoms. The quantitative estimate of drug-likeness (QED) is 0.832. The number of anilines is 2. The number of aryl methyl sites for hydroxylation is 2. The third-order valence-electron chi connectivity index (χ3n) is 3.67. The van der Waals surface area contributed by atoms with Crippen molar-refractivity contribution in [2.24, 2.45) is 0 Å². The summed E-state index contributed by atoms with van der Waals surface area (Å²) in [7, 11) is 1.60. The first-order valence-corrected chi connectivity index (χ1v) is 8.71. The van der Waals surface area contributed by atoms with Gasteiger partial charge in [-0.3, -0.25) is 4.79 Å². The summed E-state index contributed by atoms with van der Waals surface area (Å²) in [5, 5.41) is 7.37. The maximum Gasteiger partial charge on any atom is 0.227 e. The third-order valence-corrected chi connectivity index (χ3v) is 4.98. The lowest BCUT2D eigenvalue weighted by atomic mass is 10.3. The van der Waals surface area contributed by atoms with Crippen LogP contribution in [0.3, 0.4) is 0 Å². The predicted octanol–water partition coefficient (Wildman–Crippen LogP) is 3.73. The Bertz CT molecular complexity index is 696. The number of rotatable bonds is 6. The average Bonchev–Trinajstić information content (AvgIpc) is 3.08. The predicted molar refractivity (Wildman–Crippen MR) is 93.9 cm³/mol. The Morgan fingerprint density at radius 2 is 2.30 bits per heavy atom. The van der Waals surface area contributed by atoms with Crippen molar-refractivity contribution in [2.45, 2.75) is 25.7 Å². The lowest BCUT2D eigenvalue weighted by Crippen LogP contribution is -2.16. The number of thiazole rings is 1. The first-order chi connectivity index (χ1) is 11.2. The fraction of sp³-hybridized carbons (Fsp3) is 0.375. The molecule has 1 aliphatic carbocycles. The molecule has 0 saturated carbocycles. The Hall–Kier alpha value is -1.79. The SMILES string of the molecule is COc1ccc(Cl)cc1NCCC(=O)Nc1nc2c(s1)CCC2. The van der Waals surface area contributed by atoms with Crippen LogP contribution in [-0.4, -0.2) is 24.5 Å². The van der Waals surface area contributed by atoms with E-state index in [-0.39, 0.29) is 5.91 Å². The lowest BCUT2D eigenvalue weighted by molar-refractivity contribution is -0.115. The van der Waals surface area contributed by atoms with E-state index in [4.69, 9.17) is 16.3 Å². The van der Waals surface area contributed by atoms with Gasteiger partial charge in [0.25, 0.3) is 0 Å². The van der Waals surface area contributed by atoms with E-state index in [2.05, 4.69) is 15.6 Å². The molecule has 2 N–H and O–H groups in total. The molecule has 1 amide bonds. The van der Waals surface area contributed by atoms with E-state index >= 15 is 0 Å². The van der Waals surface area contributed by atoms with Gasteiger partial charge >= 0.3 is 0 Å². The Kier molecular flexibility index (Phi) is 5.03. The molecule has 1 aliphatic rings. The highest BCUT2D eigenvalue weighted by Crippen LogP contribution is 2.30. The van der Waals surface area contributed by atoms with E-state index in [0.717, 1.165) is 24.2 Å². The van der Waals surface area contributed by atoms with E-state index in [1.54, 1.807) is 36.6 Å². The summed E-state index contributed by atoms with van der Waals surface area (Å²) in [4.78, 5) is 17.8. The van der Waals surface area contributed by atoms with Gasteiger partial charge in [-0.05, 0) is 37.5 Å². The molecular weight excluding hydrogens is 334 g/mol. The molecule has 0 bridgehead atoms. The van der Waals surface area contributed by atoms with Crippen molar-refractivity contribution in [3.63, 3.8) is 0 Å². The van der Waals surface area contributed by atoms with Crippen LogP contribution in [0.15, 0.2) is 18.2 Å². The van der Waals surface area contributed by atoms with Crippen LogP contribution in [0.4, 0.5) is 10.8 Å². The van der Waals surface area contributed by atoms with Crippen molar-refractivity contribution in [2.75, 3.05) is 24.3 Å². The summed E-state index contributed by atoms with van der Waals surface area (Å²) in [5.41, 5.74) is 1.92. The van der Waals surface area contributed by atoms with Crippen LogP contribution in [0.1, 0.15) is 23.4 Å². The summed E-state index contributed by atoms with van der Waals surface area (Å²) in [5.74, 6) is 0.650. The molecule has 122 valence electrons. The smallest absolute Gasteiger partial charge is 0.227 e. The van der Waals surface area contributed by atoms with Gasteiger partial charge in [0.05, 0.1) is 18.5 Å². The van der Waals surface area contributed by atoms with Crippen molar-refractivity contribution in [1.29, 1.82) is 0 Å². The summed E-state index contributed by atoms with van der Waals surface area (Å²) >= 11 is 7.56. The Morgan fingerprint density at radius 3 is 3.09 bits per heavy atom. The number of hydrogen-bond donors (Lipinski definition) is 2. The number of nitrogens with one attached hydrogen (secondary N) is 2. The van der Waals surface area contributed by atoms with Gasteiger partial charge in [0.2, 0.25) is 5.91 Å². The zero-order valence-corrected chi connectivity index (χ0v) is 14.4. The summed E-state index contributed by atoms with van der Waals surface area (Å²) in [6, 6.07) is 5.34. The van der Waals surface area contributed by atoms with E-state index < -0.39 is 0 Å². The van der Waals surface area contributed by atoms with Crippen LogP contribution in [0.2, 0.25) is 5.02 Å². The van der Waals surface area contributed by atoms with Crippen LogP contribution >= 0.6 is 22.9 Å². The summed E-state index contributed by atoms with van der Waals surface area (Å²) < 4.78 is 5.26. The number of aromatic nitrogens is 1. The van der Waals surface area contributed by atoms with Gasteiger partial charge in [-0.2, -0.15) is 0 Å². The molecule has 0 spiro atoms. The second-order valence-corrected chi connectivity index (χ2v) is 6.83. The zero-order chi connectivity index (χ0) is 16.2. The first kappa shape index (κ1) is 16.1. The van der Waals surface area contributed by atoms with Gasteiger partial charge in [-0.15, -0.1) is 11.3 Å². The molecule has 0 fully saturated rings. The maximum absolute atomic E-state index is 12.0. The molecule has 5 nitrogen and oxygen atoms in total. The van der Waals surface area contributed by atoms with Gasteiger partial charge in [0, 0.05) is 22.9 Å². The molecule has 1 aromatic heterocycles. The van der Waals surface area contributed by atoms with E-state index in [9.17, 15) is 4.79 Å². The number of halogens is 1. The molecule has 0 atom stereocenters. The monoisotopic (exact) mass is 351 g/mol. The average molecular weight is 352 g/mol. The number of ether oxygens (including phenoxy) is 1. The minimum absolute atomic E-state index is 0.0501. The number of methoxy groups -OCH3 is 1. The van der Waals surface area contributed by atoms with Gasteiger partial charge in [-0.25, -0.2) is 4.98 Å². The Morgan fingerprint density at radius 1 is 1.43 bits per heavy atom. The third kappa shape index (κ3) is 3.95. The number of benzene rings is 1. The molecule has 0 radical (unpaired) electrons. The van der Waals surface area contributed by atoms with Crippen molar-refractivity contribution < 1.29 is 9.53 Å². The highest BCUT2D eigenvalue weighted by atomic mass is 35.5. The minimum atomic E-state index is -0.0501. The van der Waals surface area contributed by atoms with Crippen LogP contribution in [-0.2, 0) is 17.6 Å². The molecule has 23 heavy (non-hydrogen) atoms. The van der Waals surface area contributed by atoms with Crippen LogP contribution in [0.25, 0.3) is 0 Å².